The van der Waals surface area contributed by atoms with Gasteiger partial charge in [0.1, 0.15) is 12.4 Å². The Morgan fingerprint density at radius 3 is 2.62 bits per heavy atom. The van der Waals surface area contributed by atoms with Gasteiger partial charge in [0.25, 0.3) is 0 Å². The summed E-state index contributed by atoms with van der Waals surface area (Å²) in [5, 5.41) is 12.4. The fraction of sp³-hybridized carbons (Fsp3) is 0.368. The Hall–Kier alpha value is -1.34. The third-order valence-electron chi connectivity index (χ3n) is 3.64. The van der Waals surface area contributed by atoms with Gasteiger partial charge in [-0.3, -0.25) is 0 Å². The van der Waals surface area contributed by atoms with Crippen LogP contribution in [0.4, 0.5) is 4.39 Å². The van der Waals surface area contributed by atoms with E-state index in [4.69, 9.17) is 26.2 Å². The Morgan fingerprint density at radius 2 is 1.92 bits per heavy atom. The second-order valence-corrected chi connectivity index (χ2v) is 6.86. The predicted octanol–water partition coefficient (Wildman–Crippen LogP) is 4.69. The van der Waals surface area contributed by atoms with Crippen LogP contribution in [-0.2, 0) is 13.2 Å². The summed E-state index contributed by atoms with van der Waals surface area (Å²) in [5.74, 6) is 0.834. The highest BCUT2D eigenvalue weighted by Gasteiger charge is 2.12. The van der Waals surface area contributed by atoms with Crippen molar-refractivity contribution in [3.8, 4) is 11.5 Å². The van der Waals surface area contributed by atoms with Crippen LogP contribution in [0.5, 0.6) is 11.5 Å². The summed E-state index contributed by atoms with van der Waals surface area (Å²) >= 11 is 9.60. The second kappa shape index (κ2) is 10.7. The van der Waals surface area contributed by atoms with E-state index < -0.39 is 0 Å². The first kappa shape index (κ1) is 21.0. The zero-order valence-electron chi connectivity index (χ0n) is 14.5. The fourth-order valence-corrected chi connectivity index (χ4v) is 3.00. The molecule has 0 saturated heterocycles. The number of hydrogen-bond donors (Lipinski definition) is 2. The maximum Gasteiger partial charge on any atom is 0.162 e. The molecule has 2 aromatic carbocycles. The third kappa shape index (κ3) is 6.13. The molecule has 0 atom stereocenters. The standard InChI is InChI=1S/C19H22BrClFNO3/c1-2-25-18-8-14(11-23-6-3-7-24)16(20)10-19(18)26-12-13-4-5-15(22)9-17(13)21/h4-5,8-10,23-24H,2-3,6-7,11-12H2,1H3. The number of aliphatic hydroxyl groups excluding tert-OH is 1. The molecule has 26 heavy (non-hydrogen) atoms. The molecule has 142 valence electrons. The van der Waals surface area contributed by atoms with Crippen LogP contribution in [0.2, 0.25) is 5.02 Å². The van der Waals surface area contributed by atoms with Gasteiger partial charge >= 0.3 is 0 Å². The van der Waals surface area contributed by atoms with Gasteiger partial charge in [0.05, 0.1) is 11.6 Å². The van der Waals surface area contributed by atoms with Gasteiger partial charge in [0, 0.05) is 23.2 Å². The molecule has 4 nitrogen and oxygen atoms in total. The average molecular weight is 447 g/mol. The van der Waals surface area contributed by atoms with E-state index >= 15 is 0 Å². The van der Waals surface area contributed by atoms with Crippen molar-refractivity contribution >= 4 is 27.5 Å². The monoisotopic (exact) mass is 445 g/mol. The lowest BCUT2D eigenvalue weighted by molar-refractivity contribution is 0.268. The first-order valence-corrected chi connectivity index (χ1v) is 9.55. The minimum Gasteiger partial charge on any atom is -0.490 e. The van der Waals surface area contributed by atoms with E-state index in [1.54, 1.807) is 6.07 Å². The Kier molecular flexibility index (Phi) is 8.65. The third-order valence-corrected chi connectivity index (χ3v) is 4.73. The van der Waals surface area contributed by atoms with E-state index in [-0.39, 0.29) is 19.0 Å². The van der Waals surface area contributed by atoms with Crippen LogP contribution in [0.3, 0.4) is 0 Å². The Labute approximate surface area is 166 Å². The summed E-state index contributed by atoms with van der Waals surface area (Å²) in [6.45, 7) is 4.16. The lowest BCUT2D eigenvalue weighted by Gasteiger charge is -2.16. The molecule has 0 heterocycles. The number of ether oxygens (including phenoxy) is 2. The highest BCUT2D eigenvalue weighted by Crippen LogP contribution is 2.35. The van der Waals surface area contributed by atoms with Gasteiger partial charge in [-0.15, -0.1) is 0 Å². The summed E-state index contributed by atoms with van der Waals surface area (Å²) in [4.78, 5) is 0. The molecule has 2 aromatic rings. The average Bonchev–Trinajstić information content (AvgIpc) is 2.61. The van der Waals surface area contributed by atoms with Gasteiger partial charge in [-0.05, 0) is 49.7 Å². The largest absolute Gasteiger partial charge is 0.490 e. The van der Waals surface area contributed by atoms with E-state index in [1.165, 1.54) is 12.1 Å². The zero-order valence-corrected chi connectivity index (χ0v) is 16.9. The van der Waals surface area contributed by atoms with Crippen molar-refractivity contribution in [2.45, 2.75) is 26.5 Å². The molecule has 2 N–H and O–H groups in total. The maximum atomic E-state index is 13.2. The normalized spacial score (nSPS) is 10.8. The van der Waals surface area contributed by atoms with E-state index in [9.17, 15) is 4.39 Å². The quantitative estimate of drug-likeness (QED) is 0.520. The van der Waals surface area contributed by atoms with Crippen molar-refractivity contribution in [3.05, 3.63) is 56.8 Å². The van der Waals surface area contributed by atoms with E-state index in [0.29, 0.717) is 41.7 Å². The molecule has 0 saturated carbocycles. The summed E-state index contributed by atoms with van der Waals surface area (Å²) in [6, 6.07) is 7.99. The van der Waals surface area contributed by atoms with Crippen molar-refractivity contribution in [2.75, 3.05) is 19.8 Å². The summed E-state index contributed by atoms with van der Waals surface area (Å²) in [6.07, 6.45) is 0.704. The molecular formula is C19H22BrClFNO3. The molecule has 0 spiro atoms. The smallest absolute Gasteiger partial charge is 0.162 e. The number of benzene rings is 2. The molecule has 7 heteroatoms. The van der Waals surface area contributed by atoms with Gasteiger partial charge in [-0.1, -0.05) is 33.6 Å². The van der Waals surface area contributed by atoms with E-state index in [0.717, 1.165) is 16.6 Å². The van der Waals surface area contributed by atoms with Crippen LogP contribution in [0.1, 0.15) is 24.5 Å². The first-order chi connectivity index (χ1) is 12.5. The van der Waals surface area contributed by atoms with Crippen molar-refractivity contribution in [3.63, 3.8) is 0 Å². The minimum absolute atomic E-state index is 0.164. The van der Waals surface area contributed by atoms with Crippen LogP contribution in [0.25, 0.3) is 0 Å². The molecule has 0 aromatic heterocycles. The molecule has 0 aliphatic rings. The highest BCUT2D eigenvalue weighted by molar-refractivity contribution is 9.10. The lowest BCUT2D eigenvalue weighted by atomic mass is 10.2. The minimum atomic E-state index is -0.380. The fourth-order valence-electron chi connectivity index (χ4n) is 2.32. The lowest BCUT2D eigenvalue weighted by Crippen LogP contribution is -2.16. The van der Waals surface area contributed by atoms with Crippen LogP contribution >= 0.6 is 27.5 Å². The Morgan fingerprint density at radius 1 is 1.15 bits per heavy atom. The van der Waals surface area contributed by atoms with Crippen molar-refractivity contribution in [2.24, 2.45) is 0 Å². The molecule has 0 radical (unpaired) electrons. The van der Waals surface area contributed by atoms with Gasteiger partial charge < -0.3 is 19.9 Å². The molecular weight excluding hydrogens is 425 g/mol. The van der Waals surface area contributed by atoms with Crippen molar-refractivity contribution in [1.29, 1.82) is 0 Å². The SMILES string of the molecule is CCOc1cc(CNCCCO)c(Br)cc1OCc1ccc(F)cc1Cl. The van der Waals surface area contributed by atoms with Crippen LogP contribution in [0.15, 0.2) is 34.8 Å². The molecule has 2 rings (SSSR count). The van der Waals surface area contributed by atoms with Gasteiger partial charge in [0.2, 0.25) is 0 Å². The molecule has 0 bridgehead atoms. The number of rotatable bonds is 10. The number of nitrogens with one attached hydrogen (secondary N) is 1. The highest BCUT2D eigenvalue weighted by atomic mass is 79.9. The predicted molar refractivity (Wildman–Crippen MR) is 104 cm³/mol. The van der Waals surface area contributed by atoms with Gasteiger partial charge in [-0.25, -0.2) is 4.39 Å². The van der Waals surface area contributed by atoms with E-state index in [1.807, 2.05) is 19.1 Å². The first-order valence-electron chi connectivity index (χ1n) is 8.38. The van der Waals surface area contributed by atoms with Crippen LogP contribution in [0, 0.1) is 5.82 Å². The summed E-state index contributed by atoms with van der Waals surface area (Å²) in [5.41, 5.74) is 1.72. The molecule has 0 fully saturated rings. The van der Waals surface area contributed by atoms with Crippen LogP contribution < -0.4 is 14.8 Å². The number of aliphatic hydroxyl groups is 1. The molecule has 0 unspecified atom stereocenters. The number of hydrogen-bond acceptors (Lipinski definition) is 4. The second-order valence-electron chi connectivity index (χ2n) is 5.60. The van der Waals surface area contributed by atoms with Crippen LogP contribution in [-0.4, -0.2) is 24.9 Å². The molecule has 0 aliphatic carbocycles. The summed E-state index contributed by atoms with van der Waals surface area (Å²) in [7, 11) is 0. The van der Waals surface area contributed by atoms with Gasteiger partial charge in [-0.2, -0.15) is 0 Å². The summed E-state index contributed by atoms with van der Waals surface area (Å²) < 4.78 is 25.6. The Bertz CT molecular complexity index is 730. The Balaban J connectivity index is 2.12. The molecule has 0 amide bonds. The zero-order chi connectivity index (χ0) is 18.9. The topological polar surface area (TPSA) is 50.7 Å². The number of halogens is 3. The maximum absolute atomic E-state index is 13.2. The van der Waals surface area contributed by atoms with Crippen molar-refractivity contribution < 1.29 is 19.0 Å². The molecule has 0 aliphatic heterocycles. The van der Waals surface area contributed by atoms with Gasteiger partial charge in [0.15, 0.2) is 11.5 Å². The van der Waals surface area contributed by atoms with E-state index in [2.05, 4.69) is 21.2 Å². The van der Waals surface area contributed by atoms with Crippen molar-refractivity contribution in [1.82, 2.24) is 5.32 Å².